The lowest BCUT2D eigenvalue weighted by Crippen LogP contribution is -2.26. The van der Waals surface area contributed by atoms with Crippen LogP contribution in [0.25, 0.3) is 0 Å². The predicted octanol–water partition coefficient (Wildman–Crippen LogP) is 2.10. The Kier molecular flexibility index (Phi) is 6.98. The van der Waals surface area contributed by atoms with E-state index in [1.807, 2.05) is 0 Å². The second kappa shape index (κ2) is 8.02. The molecule has 0 aromatic heterocycles. The van der Waals surface area contributed by atoms with Crippen molar-refractivity contribution in [1.82, 2.24) is 4.72 Å². The lowest BCUT2D eigenvalue weighted by molar-refractivity contribution is -0.137. The number of rotatable bonds is 8. The fourth-order valence-corrected chi connectivity index (χ4v) is 3.37. The van der Waals surface area contributed by atoms with Crippen LogP contribution in [0.15, 0.2) is 29.2 Å². The largest absolute Gasteiger partial charge is 0.416 e. The number of aliphatic hydroxyl groups excluding tert-OH is 1. The Hall–Kier alpha value is -0.770. The van der Waals surface area contributed by atoms with Crippen molar-refractivity contribution in [1.29, 1.82) is 0 Å². The summed E-state index contributed by atoms with van der Waals surface area (Å²) >= 11 is 1.48. The molecule has 9 heteroatoms. The Morgan fingerprint density at radius 2 is 1.76 bits per heavy atom. The van der Waals surface area contributed by atoms with E-state index in [0.29, 0.717) is 12.2 Å². The standard InChI is InChI=1S/C12H16F3NO3S2/c13-12(14,15)10-2-4-11(5-3-10)21(18,19)16-6-9-20-8-1-7-17/h2-5,16-17H,1,6-9H2. The van der Waals surface area contributed by atoms with Gasteiger partial charge in [0.05, 0.1) is 10.5 Å². The molecule has 0 amide bonds. The lowest BCUT2D eigenvalue weighted by Gasteiger charge is -2.09. The zero-order valence-corrected chi connectivity index (χ0v) is 12.7. The molecule has 0 spiro atoms. The monoisotopic (exact) mass is 343 g/mol. The van der Waals surface area contributed by atoms with Gasteiger partial charge in [-0.3, -0.25) is 0 Å². The summed E-state index contributed by atoms with van der Waals surface area (Å²) < 4.78 is 63.1. The average Bonchev–Trinajstić information content (AvgIpc) is 2.42. The molecular weight excluding hydrogens is 327 g/mol. The molecule has 21 heavy (non-hydrogen) atoms. The second-order valence-corrected chi connectivity index (χ2v) is 7.10. The van der Waals surface area contributed by atoms with Crippen LogP contribution < -0.4 is 4.72 Å². The number of nitrogens with one attached hydrogen (secondary N) is 1. The Labute approximate surface area is 125 Å². The van der Waals surface area contributed by atoms with Gasteiger partial charge in [-0.1, -0.05) is 0 Å². The minimum Gasteiger partial charge on any atom is -0.396 e. The van der Waals surface area contributed by atoms with Crippen molar-refractivity contribution in [2.75, 3.05) is 24.7 Å². The molecule has 2 N–H and O–H groups in total. The van der Waals surface area contributed by atoms with Gasteiger partial charge in [-0.2, -0.15) is 24.9 Å². The molecular formula is C12H16F3NO3S2. The highest BCUT2D eigenvalue weighted by atomic mass is 32.2. The third kappa shape index (κ3) is 6.25. The van der Waals surface area contributed by atoms with Crippen molar-refractivity contribution in [2.24, 2.45) is 0 Å². The van der Waals surface area contributed by atoms with Crippen LogP contribution in [0.4, 0.5) is 13.2 Å². The quantitative estimate of drug-likeness (QED) is 0.710. The summed E-state index contributed by atoms with van der Waals surface area (Å²) in [6.07, 6.45) is -3.85. The summed E-state index contributed by atoms with van der Waals surface area (Å²) in [7, 11) is -3.80. The molecule has 0 atom stereocenters. The first-order valence-corrected chi connectivity index (χ1v) is 8.76. The molecule has 0 aliphatic heterocycles. The molecule has 0 unspecified atom stereocenters. The summed E-state index contributed by atoms with van der Waals surface area (Å²) in [5.74, 6) is 1.25. The summed E-state index contributed by atoms with van der Waals surface area (Å²) in [5.41, 5.74) is -0.888. The third-order valence-corrected chi connectivity index (χ3v) is 5.02. The predicted molar refractivity (Wildman–Crippen MR) is 75.7 cm³/mol. The summed E-state index contributed by atoms with van der Waals surface area (Å²) in [6.45, 7) is 0.268. The number of halogens is 3. The molecule has 0 fully saturated rings. The van der Waals surface area contributed by atoms with Crippen molar-refractivity contribution < 1.29 is 26.7 Å². The van der Waals surface area contributed by atoms with Gasteiger partial charge in [0.15, 0.2) is 0 Å². The SMILES string of the molecule is O=S(=O)(NCCSCCCO)c1ccc(C(F)(F)F)cc1. The number of benzene rings is 1. The molecule has 0 aliphatic rings. The first-order chi connectivity index (χ1) is 9.77. The smallest absolute Gasteiger partial charge is 0.396 e. The van der Waals surface area contributed by atoms with Crippen molar-refractivity contribution in [3.05, 3.63) is 29.8 Å². The van der Waals surface area contributed by atoms with Crippen molar-refractivity contribution in [2.45, 2.75) is 17.5 Å². The number of sulfonamides is 1. The van der Waals surface area contributed by atoms with E-state index in [4.69, 9.17) is 5.11 Å². The van der Waals surface area contributed by atoms with Crippen LogP contribution in [0.1, 0.15) is 12.0 Å². The van der Waals surface area contributed by atoms with Crippen LogP contribution in [-0.4, -0.2) is 38.2 Å². The highest BCUT2D eigenvalue weighted by Crippen LogP contribution is 2.29. The lowest BCUT2D eigenvalue weighted by atomic mass is 10.2. The van der Waals surface area contributed by atoms with Crippen LogP contribution in [0.3, 0.4) is 0 Å². The van der Waals surface area contributed by atoms with E-state index in [0.717, 1.165) is 30.0 Å². The molecule has 4 nitrogen and oxygen atoms in total. The van der Waals surface area contributed by atoms with Gasteiger partial charge >= 0.3 is 6.18 Å². The molecule has 120 valence electrons. The van der Waals surface area contributed by atoms with Gasteiger partial charge in [-0.05, 0) is 36.4 Å². The van der Waals surface area contributed by atoms with E-state index in [-0.39, 0.29) is 18.0 Å². The van der Waals surface area contributed by atoms with Crippen LogP contribution >= 0.6 is 11.8 Å². The number of thioether (sulfide) groups is 1. The maximum Gasteiger partial charge on any atom is 0.416 e. The number of hydrogen-bond donors (Lipinski definition) is 2. The zero-order chi connectivity index (χ0) is 15.9. The first kappa shape index (κ1) is 18.3. The molecule has 1 rings (SSSR count). The van der Waals surface area contributed by atoms with Gasteiger partial charge in [0.2, 0.25) is 10.0 Å². The van der Waals surface area contributed by atoms with E-state index in [1.165, 1.54) is 11.8 Å². The van der Waals surface area contributed by atoms with Crippen LogP contribution in [0.2, 0.25) is 0 Å². The molecule has 1 aromatic rings. The third-order valence-electron chi connectivity index (χ3n) is 2.48. The average molecular weight is 343 g/mol. The van der Waals surface area contributed by atoms with Gasteiger partial charge in [0, 0.05) is 18.9 Å². The summed E-state index contributed by atoms with van der Waals surface area (Å²) in [4.78, 5) is -0.198. The van der Waals surface area contributed by atoms with Crippen LogP contribution in [0.5, 0.6) is 0 Å². The van der Waals surface area contributed by atoms with Gasteiger partial charge < -0.3 is 5.11 Å². The maximum absolute atomic E-state index is 12.4. The van der Waals surface area contributed by atoms with E-state index >= 15 is 0 Å². The Bertz CT molecular complexity index is 530. The van der Waals surface area contributed by atoms with Crippen LogP contribution in [-0.2, 0) is 16.2 Å². The van der Waals surface area contributed by atoms with Gasteiger partial charge in [0.25, 0.3) is 0 Å². The fourth-order valence-electron chi connectivity index (χ4n) is 1.42. The number of aliphatic hydroxyl groups is 1. The van der Waals surface area contributed by atoms with E-state index in [1.54, 1.807) is 0 Å². The Balaban J connectivity index is 2.54. The van der Waals surface area contributed by atoms with Crippen molar-refractivity contribution >= 4 is 21.8 Å². The van der Waals surface area contributed by atoms with E-state index in [2.05, 4.69) is 4.72 Å². The second-order valence-electron chi connectivity index (χ2n) is 4.11. The van der Waals surface area contributed by atoms with E-state index < -0.39 is 21.8 Å². The molecule has 0 bridgehead atoms. The van der Waals surface area contributed by atoms with Gasteiger partial charge in [-0.15, -0.1) is 0 Å². The van der Waals surface area contributed by atoms with Gasteiger partial charge in [0.1, 0.15) is 0 Å². The van der Waals surface area contributed by atoms with Gasteiger partial charge in [-0.25, -0.2) is 13.1 Å². The Morgan fingerprint density at radius 1 is 1.14 bits per heavy atom. The minimum atomic E-state index is -4.49. The molecule has 0 radical (unpaired) electrons. The van der Waals surface area contributed by atoms with Crippen molar-refractivity contribution in [3.63, 3.8) is 0 Å². The first-order valence-electron chi connectivity index (χ1n) is 6.13. The molecule has 0 heterocycles. The van der Waals surface area contributed by atoms with Crippen LogP contribution in [0, 0.1) is 0 Å². The van der Waals surface area contributed by atoms with E-state index in [9.17, 15) is 21.6 Å². The number of alkyl halides is 3. The normalized spacial score (nSPS) is 12.6. The summed E-state index contributed by atoms with van der Waals surface area (Å²) in [5, 5.41) is 8.58. The topological polar surface area (TPSA) is 66.4 Å². The summed E-state index contributed by atoms with van der Waals surface area (Å²) in [6, 6.07) is 3.35. The maximum atomic E-state index is 12.4. The molecule has 1 aromatic carbocycles. The minimum absolute atomic E-state index is 0.0876. The molecule has 0 saturated carbocycles. The highest BCUT2D eigenvalue weighted by Gasteiger charge is 2.30. The molecule has 0 aliphatic carbocycles. The highest BCUT2D eigenvalue weighted by molar-refractivity contribution is 7.99. The Morgan fingerprint density at radius 3 is 2.29 bits per heavy atom. The number of hydrogen-bond acceptors (Lipinski definition) is 4. The zero-order valence-electron chi connectivity index (χ0n) is 11.1. The fraction of sp³-hybridized carbons (Fsp3) is 0.500. The molecule has 0 saturated heterocycles. The van der Waals surface area contributed by atoms with Crippen molar-refractivity contribution in [3.8, 4) is 0 Å².